The van der Waals surface area contributed by atoms with E-state index in [1.807, 2.05) is 37.3 Å². The van der Waals surface area contributed by atoms with Gasteiger partial charge in [-0.2, -0.15) is 0 Å². The van der Waals surface area contributed by atoms with Gasteiger partial charge in [0.25, 0.3) is 0 Å². The highest BCUT2D eigenvalue weighted by Gasteiger charge is 2.83. The molecule has 1 aromatic carbocycles. The molecule has 1 heterocycles. The molecule has 23 heavy (non-hydrogen) atoms. The Morgan fingerprint density at radius 2 is 1.65 bits per heavy atom. The first kappa shape index (κ1) is 14.6. The molecular formula is C18H19NO4. The quantitative estimate of drug-likeness (QED) is 0.486. The van der Waals surface area contributed by atoms with Gasteiger partial charge in [-0.1, -0.05) is 37.3 Å². The van der Waals surface area contributed by atoms with Crippen LogP contribution >= 0.6 is 0 Å². The molecule has 2 amide bonds. The standard InChI is InChI=1S/C18H19NO4/c1-17-13(18(17,22-2)23-3)10-9-12-14(17)16(21)19(15(12)20)11-7-5-4-6-8-11/h4-10,12-14H,1-3H3. The minimum atomic E-state index is -0.828. The van der Waals surface area contributed by atoms with Gasteiger partial charge in [0.2, 0.25) is 11.8 Å². The number of para-hydroxylation sites is 1. The van der Waals surface area contributed by atoms with E-state index in [1.165, 1.54) is 4.90 Å². The van der Waals surface area contributed by atoms with Gasteiger partial charge in [0.05, 0.1) is 17.5 Å². The van der Waals surface area contributed by atoms with Crippen molar-refractivity contribution in [3.8, 4) is 0 Å². The molecule has 3 aliphatic rings. The van der Waals surface area contributed by atoms with Gasteiger partial charge < -0.3 is 9.47 Å². The van der Waals surface area contributed by atoms with Crippen LogP contribution in [0.15, 0.2) is 42.5 Å². The summed E-state index contributed by atoms with van der Waals surface area (Å²) >= 11 is 0. The summed E-state index contributed by atoms with van der Waals surface area (Å²) in [5.41, 5.74) is 0.0955. The van der Waals surface area contributed by atoms with Crippen LogP contribution < -0.4 is 4.90 Å². The molecule has 1 saturated heterocycles. The second kappa shape index (κ2) is 4.52. The normalized spacial score (nSPS) is 36.8. The molecule has 0 spiro atoms. The molecule has 1 aromatic rings. The number of fused-ring (bicyclic) bond motifs is 3. The molecule has 0 N–H and O–H groups in total. The number of carbonyl (C=O) groups excluding carboxylic acids is 2. The van der Waals surface area contributed by atoms with Crippen molar-refractivity contribution < 1.29 is 19.1 Å². The van der Waals surface area contributed by atoms with E-state index < -0.39 is 23.0 Å². The average molecular weight is 313 g/mol. The van der Waals surface area contributed by atoms with Gasteiger partial charge in [-0.25, -0.2) is 4.90 Å². The number of ether oxygens (including phenoxy) is 2. The van der Waals surface area contributed by atoms with E-state index in [0.717, 1.165) is 0 Å². The highest BCUT2D eigenvalue weighted by molar-refractivity contribution is 6.23. The number of hydrogen-bond acceptors (Lipinski definition) is 4. The van der Waals surface area contributed by atoms with Crippen molar-refractivity contribution in [1.29, 1.82) is 0 Å². The van der Waals surface area contributed by atoms with Crippen molar-refractivity contribution in [1.82, 2.24) is 0 Å². The summed E-state index contributed by atoms with van der Waals surface area (Å²) in [7, 11) is 3.18. The zero-order valence-corrected chi connectivity index (χ0v) is 13.4. The summed E-state index contributed by atoms with van der Waals surface area (Å²) in [6.45, 7) is 1.98. The number of hydrogen-bond donors (Lipinski definition) is 0. The zero-order chi connectivity index (χ0) is 16.4. The molecule has 2 fully saturated rings. The smallest absolute Gasteiger partial charge is 0.241 e. The molecule has 0 bridgehead atoms. The first-order chi connectivity index (χ1) is 11.0. The Bertz CT molecular complexity index is 709. The van der Waals surface area contributed by atoms with Gasteiger partial charge in [0, 0.05) is 25.6 Å². The van der Waals surface area contributed by atoms with Crippen LogP contribution in [0.2, 0.25) is 0 Å². The van der Waals surface area contributed by atoms with Crippen LogP contribution in [0.3, 0.4) is 0 Å². The number of nitrogens with zero attached hydrogens (tertiary/aromatic N) is 1. The predicted octanol–water partition coefficient (Wildman–Crippen LogP) is 1.99. The second-order valence-electron chi connectivity index (χ2n) is 6.57. The van der Waals surface area contributed by atoms with Crippen molar-refractivity contribution >= 4 is 17.5 Å². The number of methoxy groups -OCH3 is 2. The summed E-state index contributed by atoms with van der Waals surface area (Å²) < 4.78 is 11.3. The molecule has 5 nitrogen and oxygen atoms in total. The number of benzene rings is 1. The molecule has 2 aliphatic carbocycles. The molecular weight excluding hydrogens is 294 g/mol. The summed E-state index contributed by atoms with van der Waals surface area (Å²) in [5, 5.41) is 0. The number of carbonyl (C=O) groups is 2. The molecule has 4 atom stereocenters. The second-order valence-corrected chi connectivity index (χ2v) is 6.57. The van der Waals surface area contributed by atoms with E-state index in [2.05, 4.69) is 0 Å². The van der Waals surface area contributed by atoms with Crippen LogP contribution in [0.25, 0.3) is 0 Å². The minimum absolute atomic E-state index is 0.0151. The number of anilines is 1. The minimum Gasteiger partial charge on any atom is -0.352 e. The molecule has 5 heteroatoms. The third-order valence-electron chi connectivity index (χ3n) is 5.85. The van der Waals surface area contributed by atoms with E-state index >= 15 is 0 Å². The van der Waals surface area contributed by atoms with Gasteiger partial charge in [0.15, 0.2) is 5.79 Å². The fourth-order valence-corrected chi connectivity index (χ4v) is 4.70. The highest BCUT2D eigenvalue weighted by atomic mass is 16.7. The molecule has 0 aromatic heterocycles. The fraction of sp³-hybridized carbons (Fsp3) is 0.444. The van der Waals surface area contributed by atoms with E-state index in [1.54, 1.807) is 26.4 Å². The first-order valence-corrected chi connectivity index (χ1v) is 7.74. The van der Waals surface area contributed by atoms with Crippen molar-refractivity contribution in [2.24, 2.45) is 23.2 Å². The maximum absolute atomic E-state index is 13.1. The average Bonchev–Trinajstić information content (AvgIpc) is 3.02. The maximum Gasteiger partial charge on any atom is 0.241 e. The Morgan fingerprint density at radius 1 is 1.00 bits per heavy atom. The van der Waals surface area contributed by atoms with E-state index in [0.29, 0.717) is 5.69 Å². The van der Waals surface area contributed by atoms with Crippen LogP contribution in [0, 0.1) is 23.2 Å². The molecule has 4 rings (SSSR count). The van der Waals surface area contributed by atoms with Gasteiger partial charge >= 0.3 is 0 Å². The first-order valence-electron chi connectivity index (χ1n) is 7.74. The molecule has 1 saturated carbocycles. The summed E-state index contributed by atoms with van der Waals surface area (Å²) in [6, 6.07) is 9.07. The Morgan fingerprint density at radius 3 is 2.26 bits per heavy atom. The Balaban J connectivity index is 1.78. The Hall–Kier alpha value is -1.98. The van der Waals surface area contributed by atoms with Crippen LogP contribution in [-0.4, -0.2) is 31.8 Å². The van der Waals surface area contributed by atoms with Crippen molar-refractivity contribution in [2.75, 3.05) is 19.1 Å². The number of rotatable bonds is 3. The van der Waals surface area contributed by atoms with Gasteiger partial charge in [-0.15, -0.1) is 0 Å². The van der Waals surface area contributed by atoms with Crippen molar-refractivity contribution in [3.63, 3.8) is 0 Å². The predicted molar refractivity (Wildman–Crippen MR) is 83.4 cm³/mol. The lowest BCUT2D eigenvalue weighted by molar-refractivity contribution is -0.168. The largest absolute Gasteiger partial charge is 0.352 e. The molecule has 4 unspecified atom stereocenters. The SMILES string of the molecule is COC1(OC)C2C=CC3C(=O)N(c4ccccc4)C(=O)C3C21C. The van der Waals surface area contributed by atoms with Crippen LogP contribution in [0.1, 0.15) is 6.92 Å². The van der Waals surface area contributed by atoms with Gasteiger partial charge in [-0.3, -0.25) is 9.59 Å². The number of imide groups is 1. The van der Waals surface area contributed by atoms with Crippen molar-refractivity contribution in [3.05, 3.63) is 42.5 Å². The Kier molecular flexibility index (Phi) is 2.87. The molecule has 0 radical (unpaired) electrons. The Labute approximate surface area is 134 Å². The monoisotopic (exact) mass is 313 g/mol. The lowest BCUT2D eigenvalue weighted by atomic mass is 9.76. The number of amides is 2. The lowest BCUT2D eigenvalue weighted by Crippen LogP contribution is -2.36. The molecule has 1 aliphatic heterocycles. The van der Waals surface area contributed by atoms with Crippen LogP contribution in [-0.2, 0) is 19.1 Å². The molecule has 120 valence electrons. The van der Waals surface area contributed by atoms with Crippen molar-refractivity contribution in [2.45, 2.75) is 12.7 Å². The highest BCUT2D eigenvalue weighted by Crippen LogP contribution is 2.73. The summed E-state index contributed by atoms with van der Waals surface area (Å²) in [4.78, 5) is 27.2. The topological polar surface area (TPSA) is 55.8 Å². The van der Waals surface area contributed by atoms with Gasteiger partial charge in [0.1, 0.15) is 0 Å². The van der Waals surface area contributed by atoms with E-state index in [4.69, 9.17) is 9.47 Å². The summed E-state index contributed by atoms with van der Waals surface area (Å²) in [6.07, 6.45) is 3.81. The summed E-state index contributed by atoms with van der Waals surface area (Å²) in [5.74, 6) is -2.08. The van der Waals surface area contributed by atoms with E-state index in [9.17, 15) is 9.59 Å². The van der Waals surface area contributed by atoms with Gasteiger partial charge in [-0.05, 0) is 12.1 Å². The lowest BCUT2D eigenvalue weighted by Gasteiger charge is -2.26. The van der Waals surface area contributed by atoms with Crippen LogP contribution in [0.5, 0.6) is 0 Å². The van der Waals surface area contributed by atoms with Crippen LogP contribution in [0.4, 0.5) is 5.69 Å². The fourth-order valence-electron chi connectivity index (χ4n) is 4.70. The van der Waals surface area contributed by atoms with E-state index in [-0.39, 0.29) is 17.7 Å². The zero-order valence-electron chi connectivity index (χ0n) is 13.4. The maximum atomic E-state index is 13.1. The third kappa shape index (κ3) is 1.49. The third-order valence-corrected chi connectivity index (χ3v) is 5.85.